The fraction of sp³-hybridized carbons (Fsp3) is 0.333. The molecule has 0 amide bonds. The minimum Gasteiger partial charge on any atom is -0.354 e. The summed E-state index contributed by atoms with van der Waals surface area (Å²) in [6.07, 6.45) is 7.40. The zero-order chi connectivity index (χ0) is 36.5. The minimum absolute atomic E-state index is 0.911. The van der Waals surface area contributed by atoms with Gasteiger partial charge in [0.15, 0.2) is 0 Å². The first-order valence-corrected chi connectivity index (χ1v) is 19.9. The molecule has 5 heterocycles. The summed E-state index contributed by atoms with van der Waals surface area (Å²) in [5, 5.41) is 0. The molecule has 0 aliphatic carbocycles. The van der Waals surface area contributed by atoms with E-state index in [0.29, 0.717) is 0 Å². The highest BCUT2D eigenvalue weighted by Crippen LogP contribution is 2.45. The van der Waals surface area contributed by atoms with Gasteiger partial charge in [0, 0.05) is 22.2 Å². The Balaban J connectivity index is 1.82. The lowest BCUT2D eigenvalue weighted by Gasteiger charge is -2.10. The van der Waals surface area contributed by atoms with Crippen LogP contribution in [-0.2, 0) is 25.7 Å². The van der Waals surface area contributed by atoms with Gasteiger partial charge < -0.3 is 9.97 Å². The molecule has 0 atom stereocenters. The van der Waals surface area contributed by atoms with Gasteiger partial charge in [-0.15, -0.1) is 0 Å². The molecule has 266 valence electrons. The van der Waals surface area contributed by atoms with Gasteiger partial charge in [-0.3, -0.25) is 0 Å². The van der Waals surface area contributed by atoms with Crippen molar-refractivity contribution in [1.82, 2.24) is 19.9 Å². The summed E-state index contributed by atoms with van der Waals surface area (Å²) in [7, 11) is 0. The number of nitrogens with zero attached hydrogens (tertiary/aromatic N) is 2. The summed E-state index contributed by atoms with van der Waals surface area (Å²) in [6.45, 7) is 18.3. The average Bonchev–Trinajstić information content (AvgIpc) is 3.92. The summed E-state index contributed by atoms with van der Waals surface area (Å²) in [5.74, 6) is 0. The summed E-state index contributed by atoms with van der Waals surface area (Å²) < 4.78 is 0. The molecule has 0 spiro atoms. The fourth-order valence-corrected chi connectivity index (χ4v) is 9.05. The smallest absolute Gasteiger partial charge is 0.0771 e. The second kappa shape index (κ2) is 14.9. The Morgan fingerprint density at radius 3 is 1.10 bits per heavy atom. The first kappa shape index (κ1) is 35.4. The lowest BCUT2D eigenvalue weighted by molar-refractivity contribution is 1.07. The minimum atomic E-state index is 0.911. The van der Waals surface area contributed by atoms with Crippen LogP contribution in [0.3, 0.4) is 0 Å². The van der Waals surface area contributed by atoms with Crippen LogP contribution < -0.4 is 0 Å². The molecule has 7 rings (SSSR count). The highest BCUT2D eigenvalue weighted by atomic mass is 14.8. The number of H-pyrrole nitrogens is 2. The Kier molecular flexibility index (Phi) is 10.2. The Labute approximate surface area is 310 Å². The topological polar surface area (TPSA) is 57.4 Å². The largest absolute Gasteiger partial charge is 0.354 e. The molecule has 5 aromatic rings. The molecule has 2 N–H and O–H groups in total. The third-order valence-electron chi connectivity index (χ3n) is 11.4. The van der Waals surface area contributed by atoms with Crippen molar-refractivity contribution in [3.63, 3.8) is 0 Å². The van der Waals surface area contributed by atoms with Gasteiger partial charge in [0.25, 0.3) is 0 Å². The summed E-state index contributed by atoms with van der Waals surface area (Å²) >= 11 is 0. The number of benzene rings is 2. The van der Waals surface area contributed by atoms with Gasteiger partial charge in [-0.2, -0.15) is 0 Å². The summed E-state index contributed by atoms with van der Waals surface area (Å²) in [5.41, 5.74) is 24.7. The quantitative estimate of drug-likeness (QED) is 0.154. The summed E-state index contributed by atoms with van der Waals surface area (Å²) in [4.78, 5) is 19.4. The highest BCUT2D eigenvalue weighted by molar-refractivity contribution is 6.04. The van der Waals surface area contributed by atoms with E-state index in [9.17, 15) is 0 Å². The summed E-state index contributed by atoms with van der Waals surface area (Å²) in [6, 6.07) is 26.6. The van der Waals surface area contributed by atoms with Crippen LogP contribution in [0.2, 0.25) is 0 Å². The van der Waals surface area contributed by atoms with Gasteiger partial charge in [-0.05, 0) is 119 Å². The highest BCUT2D eigenvalue weighted by Gasteiger charge is 2.27. The normalized spacial score (nSPS) is 13.1. The second-order valence-electron chi connectivity index (χ2n) is 13.9. The van der Waals surface area contributed by atoms with Crippen LogP contribution in [0.5, 0.6) is 0 Å². The van der Waals surface area contributed by atoms with Crippen molar-refractivity contribution in [3.05, 3.63) is 118 Å². The molecule has 4 heteroatoms. The van der Waals surface area contributed by atoms with Crippen molar-refractivity contribution in [1.29, 1.82) is 0 Å². The van der Waals surface area contributed by atoms with Gasteiger partial charge in [0.2, 0.25) is 0 Å². The second-order valence-corrected chi connectivity index (χ2v) is 13.9. The Morgan fingerprint density at radius 1 is 0.404 bits per heavy atom. The van der Waals surface area contributed by atoms with E-state index in [-0.39, 0.29) is 0 Å². The zero-order valence-electron chi connectivity index (χ0n) is 32.5. The van der Waals surface area contributed by atoms with E-state index in [0.717, 1.165) is 74.1 Å². The van der Waals surface area contributed by atoms with Crippen molar-refractivity contribution >= 4 is 44.4 Å². The van der Waals surface area contributed by atoms with E-state index in [4.69, 9.17) is 9.97 Å². The van der Waals surface area contributed by atoms with E-state index in [1.165, 1.54) is 88.9 Å². The van der Waals surface area contributed by atoms with E-state index >= 15 is 0 Å². The number of aromatic nitrogens is 4. The SMILES string of the molecule is CCC1=C(CC)c2nc1cc1nc(c(-c3ccccc3)c3[nH]c(cc4[nH]c(c(CC)c4CC)c2-c2ccccc2)c(CC)c3CC)C(CC)=C1CC. The standard InChI is InChI=1S/C48H54N4/c1-9-31-35(13-5)45-43(29-23-19-17-20-24-29)46-37(15-7)33(11-3)41(51-46)28-42-34(12-4)38(16-8)48(52-42)44(30-25-21-18-22-26-30)47-36(14-6)32(10-2)40(50-47)27-39(31)49-45/h17-28,49-50H,9-16H2,1-8H3. The lowest BCUT2D eigenvalue weighted by atomic mass is 9.92. The van der Waals surface area contributed by atoms with Crippen molar-refractivity contribution in [3.8, 4) is 22.3 Å². The first-order valence-electron chi connectivity index (χ1n) is 19.9. The molecule has 0 unspecified atom stereocenters. The molecule has 0 saturated heterocycles. The molecule has 2 aliphatic heterocycles. The molecular weight excluding hydrogens is 633 g/mol. The van der Waals surface area contributed by atoms with Crippen LogP contribution in [0.15, 0.2) is 72.8 Å². The lowest BCUT2D eigenvalue weighted by Crippen LogP contribution is -1.92. The molecule has 8 bridgehead atoms. The van der Waals surface area contributed by atoms with Crippen molar-refractivity contribution in [2.45, 2.75) is 107 Å². The monoisotopic (exact) mass is 686 g/mol. The molecule has 0 radical (unpaired) electrons. The van der Waals surface area contributed by atoms with E-state index < -0.39 is 0 Å². The number of fused-ring (bicyclic) bond motifs is 8. The van der Waals surface area contributed by atoms with E-state index in [1.807, 2.05) is 0 Å². The van der Waals surface area contributed by atoms with Crippen LogP contribution >= 0.6 is 0 Å². The fourth-order valence-electron chi connectivity index (χ4n) is 9.05. The maximum absolute atomic E-state index is 5.64. The van der Waals surface area contributed by atoms with Gasteiger partial charge in [-0.25, -0.2) is 9.97 Å². The van der Waals surface area contributed by atoms with Gasteiger partial charge >= 0.3 is 0 Å². The molecule has 2 aliphatic rings. The number of nitrogens with one attached hydrogen (secondary N) is 2. The molecule has 52 heavy (non-hydrogen) atoms. The number of hydrogen-bond acceptors (Lipinski definition) is 2. The number of allylic oxidation sites excluding steroid dienone is 4. The molecule has 4 nitrogen and oxygen atoms in total. The first-order chi connectivity index (χ1) is 25.5. The molecule has 0 fully saturated rings. The van der Waals surface area contributed by atoms with Gasteiger partial charge in [-0.1, -0.05) is 116 Å². The molecular formula is C48H54N4. The van der Waals surface area contributed by atoms with E-state index in [2.05, 4.69) is 138 Å². The van der Waals surface area contributed by atoms with Gasteiger partial charge in [0.1, 0.15) is 0 Å². The predicted octanol–water partition coefficient (Wildman–Crippen LogP) is 13.4. The number of rotatable bonds is 10. The molecule has 2 aromatic carbocycles. The van der Waals surface area contributed by atoms with Crippen LogP contribution in [-0.4, -0.2) is 19.9 Å². The Hall–Kier alpha value is -4.96. The average molecular weight is 687 g/mol. The van der Waals surface area contributed by atoms with Crippen LogP contribution in [0, 0.1) is 0 Å². The number of hydrogen-bond donors (Lipinski definition) is 2. The van der Waals surface area contributed by atoms with Crippen LogP contribution in [0.1, 0.15) is 126 Å². The van der Waals surface area contributed by atoms with Crippen molar-refractivity contribution < 1.29 is 0 Å². The van der Waals surface area contributed by atoms with Crippen molar-refractivity contribution in [2.24, 2.45) is 0 Å². The maximum atomic E-state index is 5.64. The maximum Gasteiger partial charge on any atom is 0.0771 e. The van der Waals surface area contributed by atoms with Crippen molar-refractivity contribution in [2.75, 3.05) is 0 Å². The zero-order valence-corrected chi connectivity index (χ0v) is 32.5. The molecule has 0 saturated carbocycles. The third-order valence-corrected chi connectivity index (χ3v) is 11.4. The third kappa shape index (κ3) is 5.77. The number of aromatic amines is 2. The van der Waals surface area contributed by atoms with Crippen LogP contribution in [0.4, 0.5) is 0 Å². The van der Waals surface area contributed by atoms with E-state index in [1.54, 1.807) is 0 Å². The Morgan fingerprint density at radius 2 is 0.769 bits per heavy atom. The van der Waals surface area contributed by atoms with Crippen LogP contribution in [0.25, 0.3) is 66.6 Å². The number of aryl methyl sites for hydroxylation is 4. The predicted molar refractivity (Wildman–Crippen MR) is 224 cm³/mol. The Bertz CT molecular complexity index is 2200. The van der Waals surface area contributed by atoms with Gasteiger partial charge in [0.05, 0.1) is 33.8 Å². The molecule has 3 aromatic heterocycles.